The summed E-state index contributed by atoms with van der Waals surface area (Å²) in [5.74, 6) is 0.889. The lowest BCUT2D eigenvalue weighted by atomic mass is 9.96. The van der Waals surface area contributed by atoms with E-state index in [1.165, 1.54) is 32.5 Å². The molecular formula is C14H22N4O. The van der Waals surface area contributed by atoms with Gasteiger partial charge in [-0.2, -0.15) is 5.10 Å². The lowest BCUT2D eigenvalue weighted by Gasteiger charge is -2.33. The quantitative estimate of drug-likeness (QED) is 0.895. The van der Waals surface area contributed by atoms with Gasteiger partial charge < -0.3 is 9.80 Å². The number of hydrogen-bond donors (Lipinski definition) is 1. The number of carbonyl (C=O) groups is 1. The second kappa shape index (κ2) is 5.74. The van der Waals surface area contributed by atoms with Crippen LogP contribution in [0.3, 0.4) is 0 Å². The van der Waals surface area contributed by atoms with Gasteiger partial charge in [0, 0.05) is 25.8 Å². The molecule has 0 unspecified atom stereocenters. The zero-order valence-corrected chi connectivity index (χ0v) is 11.3. The van der Waals surface area contributed by atoms with Crippen LogP contribution in [0.1, 0.15) is 36.0 Å². The van der Waals surface area contributed by atoms with Crippen LogP contribution in [0.5, 0.6) is 0 Å². The molecule has 3 rings (SSSR count). The molecule has 0 bridgehead atoms. The molecule has 3 heterocycles. The summed E-state index contributed by atoms with van der Waals surface area (Å²) in [4.78, 5) is 16.7. The normalized spacial score (nSPS) is 22.0. The molecule has 0 aromatic carbocycles. The van der Waals surface area contributed by atoms with Crippen molar-refractivity contribution in [2.24, 2.45) is 5.92 Å². The number of nitrogens with one attached hydrogen (secondary N) is 1. The van der Waals surface area contributed by atoms with E-state index in [0.29, 0.717) is 5.56 Å². The van der Waals surface area contributed by atoms with Crippen molar-refractivity contribution >= 4 is 5.91 Å². The third kappa shape index (κ3) is 2.97. The Labute approximate surface area is 114 Å². The van der Waals surface area contributed by atoms with Crippen LogP contribution in [0.2, 0.25) is 0 Å². The van der Waals surface area contributed by atoms with E-state index in [-0.39, 0.29) is 5.91 Å². The number of hydrogen-bond acceptors (Lipinski definition) is 3. The van der Waals surface area contributed by atoms with Gasteiger partial charge in [-0.1, -0.05) is 0 Å². The summed E-state index contributed by atoms with van der Waals surface area (Å²) in [6.45, 7) is 5.56. The van der Waals surface area contributed by atoms with Crippen LogP contribution in [0.4, 0.5) is 0 Å². The molecule has 0 spiro atoms. The Morgan fingerprint density at radius 3 is 2.63 bits per heavy atom. The fourth-order valence-corrected chi connectivity index (χ4v) is 3.20. The van der Waals surface area contributed by atoms with Gasteiger partial charge in [-0.15, -0.1) is 0 Å². The van der Waals surface area contributed by atoms with Crippen LogP contribution in [0.15, 0.2) is 12.4 Å². The van der Waals surface area contributed by atoms with Crippen molar-refractivity contribution in [3.8, 4) is 0 Å². The van der Waals surface area contributed by atoms with Crippen molar-refractivity contribution in [1.29, 1.82) is 0 Å². The highest BCUT2D eigenvalue weighted by Gasteiger charge is 2.25. The number of rotatable bonds is 3. The molecule has 19 heavy (non-hydrogen) atoms. The summed E-state index contributed by atoms with van der Waals surface area (Å²) in [5.41, 5.74) is 0.679. The second-order valence-corrected chi connectivity index (χ2v) is 5.73. The van der Waals surface area contributed by atoms with E-state index in [0.717, 1.165) is 31.8 Å². The molecule has 2 aliphatic heterocycles. The van der Waals surface area contributed by atoms with Crippen LogP contribution in [-0.4, -0.2) is 58.6 Å². The number of aromatic amines is 1. The lowest BCUT2D eigenvalue weighted by Crippen LogP contribution is -2.41. The third-order valence-electron chi connectivity index (χ3n) is 4.36. The van der Waals surface area contributed by atoms with Gasteiger partial charge in [0.1, 0.15) is 0 Å². The number of aromatic nitrogens is 2. The number of amides is 1. The minimum atomic E-state index is 0.119. The average Bonchev–Trinajstić information content (AvgIpc) is 3.12. The Kier molecular flexibility index (Phi) is 3.82. The van der Waals surface area contributed by atoms with Gasteiger partial charge in [0.15, 0.2) is 0 Å². The topological polar surface area (TPSA) is 52.2 Å². The Morgan fingerprint density at radius 2 is 2.00 bits per heavy atom. The van der Waals surface area contributed by atoms with Crippen molar-refractivity contribution < 1.29 is 4.79 Å². The first kappa shape index (κ1) is 12.7. The lowest BCUT2D eigenvalue weighted by molar-refractivity contribution is 0.0673. The van der Waals surface area contributed by atoms with Crippen LogP contribution >= 0.6 is 0 Å². The monoisotopic (exact) mass is 262 g/mol. The van der Waals surface area contributed by atoms with E-state index in [4.69, 9.17) is 0 Å². The first-order valence-corrected chi connectivity index (χ1v) is 7.33. The molecule has 1 aromatic heterocycles. The zero-order chi connectivity index (χ0) is 13.1. The Morgan fingerprint density at radius 1 is 1.26 bits per heavy atom. The van der Waals surface area contributed by atoms with Crippen molar-refractivity contribution in [2.45, 2.75) is 25.7 Å². The molecule has 1 N–H and O–H groups in total. The van der Waals surface area contributed by atoms with Crippen molar-refractivity contribution in [3.63, 3.8) is 0 Å². The van der Waals surface area contributed by atoms with E-state index in [9.17, 15) is 4.79 Å². The van der Waals surface area contributed by atoms with Gasteiger partial charge in [-0.25, -0.2) is 0 Å². The molecule has 5 heteroatoms. The molecule has 2 aliphatic rings. The van der Waals surface area contributed by atoms with Crippen LogP contribution in [0.25, 0.3) is 0 Å². The number of carbonyl (C=O) groups excluding carboxylic acids is 1. The largest absolute Gasteiger partial charge is 0.339 e. The Balaban J connectivity index is 1.47. The number of nitrogens with zero attached hydrogens (tertiary/aromatic N) is 3. The highest BCUT2D eigenvalue weighted by atomic mass is 16.2. The van der Waals surface area contributed by atoms with Gasteiger partial charge in [0.05, 0.1) is 11.8 Å². The molecular weight excluding hydrogens is 240 g/mol. The predicted octanol–water partition coefficient (Wildman–Crippen LogP) is 1.36. The smallest absolute Gasteiger partial charge is 0.257 e. The maximum Gasteiger partial charge on any atom is 0.257 e. The van der Waals surface area contributed by atoms with E-state index in [1.807, 2.05) is 4.90 Å². The first-order valence-electron chi connectivity index (χ1n) is 7.33. The van der Waals surface area contributed by atoms with Gasteiger partial charge >= 0.3 is 0 Å². The highest BCUT2D eigenvalue weighted by Crippen LogP contribution is 2.21. The molecule has 1 aromatic rings. The third-order valence-corrected chi connectivity index (χ3v) is 4.36. The Hall–Kier alpha value is -1.36. The summed E-state index contributed by atoms with van der Waals surface area (Å²) in [5, 5.41) is 6.54. The number of H-pyrrole nitrogens is 1. The maximum absolute atomic E-state index is 12.2. The summed E-state index contributed by atoms with van der Waals surface area (Å²) in [7, 11) is 0. The molecule has 0 saturated carbocycles. The Bertz CT molecular complexity index is 403. The molecule has 1 amide bonds. The fraction of sp³-hybridized carbons (Fsp3) is 0.714. The summed E-state index contributed by atoms with van der Waals surface area (Å²) < 4.78 is 0. The molecule has 5 nitrogen and oxygen atoms in total. The van der Waals surface area contributed by atoms with Crippen molar-refractivity contribution in [3.05, 3.63) is 18.0 Å². The van der Waals surface area contributed by atoms with Crippen LogP contribution in [0, 0.1) is 5.92 Å². The fourth-order valence-electron chi connectivity index (χ4n) is 3.20. The van der Waals surface area contributed by atoms with Crippen molar-refractivity contribution in [1.82, 2.24) is 20.0 Å². The van der Waals surface area contributed by atoms with Gasteiger partial charge in [-0.3, -0.25) is 9.89 Å². The standard InChI is InChI=1S/C14H22N4O/c19-14(13-9-15-16-10-13)18-7-3-12(4-8-18)11-17-5-1-2-6-17/h9-10,12H,1-8,11H2,(H,15,16). The van der Waals surface area contributed by atoms with Gasteiger partial charge in [0.2, 0.25) is 0 Å². The number of likely N-dealkylation sites (tertiary alicyclic amines) is 2. The number of piperidine rings is 1. The SMILES string of the molecule is O=C(c1cn[nH]c1)N1CCC(CN2CCCC2)CC1. The summed E-state index contributed by atoms with van der Waals surface area (Å²) >= 11 is 0. The van der Waals surface area contributed by atoms with Gasteiger partial charge in [0.25, 0.3) is 5.91 Å². The minimum Gasteiger partial charge on any atom is -0.339 e. The van der Waals surface area contributed by atoms with E-state index in [2.05, 4.69) is 15.1 Å². The minimum absolute atomic E-state index is 0.119. The van der Waals surface area contributed by atoms with E-state index in [1.54, 1.807) is 12.4 Å². The average molecular weight is 262 g/mol. The molecule has 0 aliphatic carbocycles. The highest BCUT2D eigenvalue weighted by molar-refractivity contribution is 5.93. The summed E-state index contributed by atoms with van der Waals surface area (Å²) in [6.07, 6.45) is 8.28. The first-order chi connectivity index (χ1) is 9.33. The molecule has 0 radical (unpaired) electrons. The summed E-state index contributed by atoms with van der Waals surface area (Å²) in [6, 6.07) is 0. The van der Waals surface area contributed by atoms with Crippen LogP contribution in [-0.2, 0) is 0 Å². The van der Waals surface area contributed by atoms with Gasteiger partial charge in [-0.05, 0) is 44.7 Å². The van der Waals surface area contributed by atoms with E-state index >= 15 is 0 Å². The maximum atomic E-state index is 12.2. The van der Waals surface area contributed by atoms with Crippen molar-refractivity contribution in [2.75, 3.05) is 32.7 Å². The molecule has 2 saturated heterocycles. The second-order valence-electron chi connectivity index (χ2n) is 5.73. The predicted molar refractivity (Wildman–Crippen MR) is 72.9 cm³/mol. The zero-order valence-electron chi connectivity index (χ0n) is 11.3. The molecule has 2 fully saturated rings. The molecule has 0 atom stereocenters. The molecule has 104 valence electrons. The van der Waals surface area contributed by atoms with Crippen LogP contribution < -0.4 is 0 Å². The van der Waals surface area contributed by atoms with E-state index < -0.39 is 0 Å².